The summed E-state index contributed by atoms with van der Waals surface area (Å²) >= 11 is 0. The van der Waals surface area contributed by atoms with E-state index in [-0.39, 0.29) is 24.1 Å². The summed E-state index contributed by atoms with van der Waals surface area (Å²) in [6, 6.07) is 0.142. The van der Waals surface area contributed by atoms with Gasteiger partial charge in [0.1, 0.15) is 5.69 Å². The Morgan fingerprint density at radius 2 is 2.25 bits per heavy atom. The first-order valence-corrected chi connectivity index (χ1v) is 3.38. The van der Waals surface area contributed by atoms with E-state index in [0.717, 1.165) is 0 Å². The number of aromatic carboxylic acids is 1. The van der Waals surface area contributed by atoms with Crippen LogP contribution in [0.2, 0.25) is 0 Å². The zero-order valence-electron chi connectivity index (χ0n) is 6.89. The maximum Gasteiger partial charge on any atom is 0.354 e. The monoisotopic (exact) mass is 190 g/mol. The predicted molar refractivity (Wildman–Crippen MR) is 46.8 cm³/mol. The topological polar surface area (TPSA) is 55.1 Å². The molecule has 1 N–H and O–H groups in total. The van der Waals surface area contributed by atoms with E-state index in [9.17, 15) is 4.79 Å². The lowest BCUT2D eigenvalue weighted by Crippen LogP contribution is -2.09. The van der Waals surface area contributed by atoms with Crippen LogP contribution in [0.25, 0.3) is 0 Å². The molecule has 0 unspecified atom stereocenters. The normalized spacial score (nSPS) is 9.58. The van der Waals surface area contributed by atoms with Gasteiger partial charge in [-0.3, -0.25) is 0 Å². The van der Waals surface area contributed by atoms with Crippen LogP contribution < -0.4 is 0 Å². The van der Waals surface area contributed by atoms with Crippen molar-refractivity contribution in [2.45, 2.75) is 19.9 Å². The summed E-state index contributed by atoms with van der Waals surface area (Å²) in [6.45, 7) is 3.82. The maximum atomic E-state index is 10.5. The van der Waals surface area contributed by atoms with Gasteiger partial charge in [-0.25, -0.2) is 9.78 Å². The molecule has 68 valence electrons. The number of carboxylic acid groups (broad SMARTS) is 1. The number of aromatic nitrogens is 2. The quantitative estimate of drug-likeness (QED) is 0.771. The first kappa shape index (κ1) is 11.0. The average Bonchev–Trinajstić information content (AvgIpc) is 2.32. The smallest absolute Gasteiger partial charge is 0.354 e. The van der Waals surface area contributed by atoms with E-state index >= 15 is 0 Å². The van der Waals surface area contributed by atoms with Crippen molar-refractivity contribution in [3.63, 3.8) is 0 Å². The average molecular weight is 191 g/mol. The first-order chi connectivity index (χ1) is 5.13. The van der Waals surface area contributed by atoms with Crippen LogP contribution in [-0.4, -0.2) is 20.6 Å². The maximum absolute atomic E-state index is 10.5. The molecule has 0 atom stereocenters. The fourth-order valence-corrected chi connectivity index (χ4v) is 0.882. The van der Waals surface area contributed by atoms with Crippen molar-refractivity contribution in [2.24, 2.45) is 0 Å². The van der Waals surface area contributed by atoms with Gasteiger partial charge < -0.3 is 9.67 Å². The van der Waals surface area contributed by atoms with E-state index in [0.29, 0.717) is 0 Å². The Morgan fingerprint density at radius 3 is 2.58 bits per heavy atom. The number of hydrogen-bond acceptors (Lipinski definition) is 2. The highest BCUT2D eigenvalue weighted by Gasteiger charge is 2.10. The predicted octanol–water partition coefficient (Wildman–Crippen LogP) is 1.58. The number of hydrogen-bond donors (Lipinski definition) is 1. The molecule has 0 radical (unpaired) electrons. The van der Waals surface area contributed by atoms with E-state index in [1.165, 1.54) is 12.5 Å². The van der Waals surface area contributed by atoms with Gasteiger partial charge >= 0.3 is 5.97 Å². The molecule has 0 fully saturated rings. The summed E-state index contributed by atoms with van der Waals surface area (Å²) in [4.78, 5) is 14.3. The Kier molecular flexibility index (Phi) is 3.76. The molecule has 0 aliphatic rings. The van der Waals surface area contributed by atoms with Gasteiger partial charge in [0, 0.05) is 6.04 Å². The van der Waals surface area contributed by atoms with E-state index in [2.05, 4.69) is 4.98 Å². The second-order valence-corrected chi connectivity index (χ2v) is 2.59. The van der Waals surface area contributed by atoms with E-state index < -0.39 is 5.97 Å². The zero-order valence-corrected chi connectivity index (χ0v) is 7.71. The summed E-state index contributed by atoms with van der Waals surface area (Å²) in [5.74, 6) is -0.934. The lowest BCUT2D eigenvalue weighted by atomic mass is 10.3. The first-order valence-electron chi connectivity index (χ1n) is 3.38. The van der Waals surface area contributed by atoms with E-state index in [4.69, 9.17) is 5.11 Å². The number of rotatable bonds is 2. The molecule has 0 aliphatic carbocycles. The van der Waals surface area contributed by atoms with E-state index in [1.54, 1.807) is 4.57 Å². The Hall–Kier alpha value is -1.03. The minimum Gasteiger partial charge on any atom is -0.477 e. The molecule has 0 amide bonds. The lowest BCUT2D eigenvalue weighted by Gasteiger charge is -2.07. The van der Waals surface area contributed by atoms with Gasteiger partial charge in [-0.1, -0.05) is 0 Å². The van der Waals surface area contributed by atoms with Gasteiger partial charge in [-0.15, -0.1) is 12.4 Å². The Morgan fingerprint density at radius 1 is 1.67 bits per heavy atom. The van der Waals surface area contributed by atoms with Gasteiger partial charge in [0.2, 0.25) is 0 Å². The van der Waals surface area contributed by atoms with Crippen LogP contribution in [0.4, 0.5) is 0 Å². The molecule has 0 bridgehead atoms. The fourth-order valence-electron chi connectivity index (χ4n) is 0.882. The van der Waals surface area contributed by atoms with Crippen LogP contribution in [0.1, 0.15) is 30.4 Å². The van der Waals surface area contributed by atoms with Crippen LogP contribution in [0.15, 0.2) is 12.5 Å². The highest BCUT2D eigenvalue weighted by atomic mass is 35.5. The number of imidazole rings is 1. The van der Waals surface area contributed by atoms with Crippen molar-refractivity contribution in [1.82, 2.24) is 9.55 Å². The van der Waals surface area contributed by atoms with Crippen LogP contribution in [0, 0.1) is 0 Å². The fraction of sp³-hybridized carbons (Fsp3) is 0.429. The third-order valence-corrected chi connectivity index (χ3v) is 1.44. The van der Waals surface area contributed by atoms with Gasteiger partial charge in [-0.2, -0.15) is 0 Å². The van der Waals surface area contributed by atoms with Gasteiger partial charge in [0.05, 0.1) is 12.5 Å². The standard InChI is InChI=1S/C7H10N2O2.ClH/c1-5(2)9-4-8-3-6(9)7(10)11;/h3-5H,1-2H3,(H,10,11);1H. The second kappa shape index (κ2) is 4.11. The molecular weight excluding hydrogens is 180 g/mol. The van der Waals surface area contributed by atoms with Crippen LogP contribution >= 0.6 is 12.4 Å². The van der Waals surface area contributed by atoms with Gasteiger partial charge in [0.15, 0.2) is 0 Å². The number of carbonyl (C=O) groups is 1. The molecule has 1 aromatic heterocycles. The van der Waals surface area contributed by atoms with Crippen molar-refractivity contribution in [3.8, 4) is 0 Å². The SMILES string of the molecule is CC(C)n1cncc1C(=O)O.Cl. The molecule has 0 spiro atoms. The van der Waals surface area contributed by atoms with Crippen molar-refractivity contribution in [2.75, 3.05) is 0 Å². The summed E-state index contributed by atoms with van der Waals surface area (Å²) < 4.78 is 1.61. The van der Waals surface area contributed by atoms with Crippen molar-refractivity contribution >= 4 is 18.4 Å². The third-order valence-electron chi connectivity index (χ3n) is 1.44. The number of carboxylic acids is 1. The van der Waals surface area contributed by atoms with Crippen molar-refractivity contribution in [1.29, 1.82) is 0 Å². The lowest BCUT2D eigenvalue weighted by molar-refractivity contribution is 0.0683. The molecule has 1 heterocycles. The van der Waals surface area contributed by atoms with Crippen molar-refractivity contribution < 1.29 is 9.90 Å². The molecule has 12 heavy (non-hydrogen) atoms. The molecular formula is C7H11ClN2O2. The molecule has 0 aliphatic heterocycles. The van der Waals surface area contributed by atoms with Gasteiger partial charge in [0.25, 0.3) is 0 Å². The van der Waals surface area contributed by atoms with Crippen LogP contribution in [0.5, 0.6) is 0 Å². The summed E-state index contributed by atoms with van der Waals surface area (Å²) in [5, 5.41) is 8.64. The molecule has 4 nitrogen and oxygen atoms in total. The van der Waals surface area contributed by atoms with Gasteiger partial charge in [-0.05, 0) is 13.8 Å². The number of nitrogens with zero attached hydrogens (tertiary/aromatic N) is 2. The van der Waals surface area contributed by atoms with E-state index in [1.807, 2.05) is 13.8 Å². The molecule has 0 aromatic carbocycles. The molecule has 1 rings (SSSR count). The Balaban J connectivity index is 0.00000121. The summed E-state index contributed by atoms with van der Waals surface area (Å²) in [5.41, 5.74) is 0.236. The molecule has 0 saturated heterocycles. The van der Waals surface area contributed by atoms with Crippen LogP contribution in [-0.2, 0) is 0 Å². The second-order valence-electron chi connectivity index (χ2n) is 2.59. The Bertz CT molecular complexity index is 270. The van der Waals surface area contributed by atoms with Crippen molar-refractivity contribution in [3.05, 3.63) is 18.2 Å². The third kappa shape index (κ3) is 1.98. The van der Waals surface area contributed by atoms with Crippen LogP contribution in [0.3, 0.4) is 0 Å². The number of halogens is 1. The highest BCUT2D eigenvalue weighted by Crippen LogP contribution is 2.07. The Labute approximate surface area is 76.6 Å². The summed E-state index contributed by atoms with van der Waals surface area (Å²) in [7, 11) is 0. The molecule has 5 heteroatoms. The zero-order chi connectivity index (χ0) is 8.43. The summed E-state index contributed by atoms with van der Waals surface area (Å²) in [6.07, 6.45) is 2.87. The minimum absolute atomic E-state index is 0. The molecule has 1 aromatic rings. The largest absolute Gasteiger partial charge is 0.477 e. The molecule has 0 saturated carbocycles. The minimum atomic E-state index is -0.934. The highest BCUT2D eigenvalue weighted by molar-refractivity contribution is 5.85.